The van der Waals surface area contributed by atoms with Crippen molar-refractivity contribution in [2.24, 2.45) is 0 Å². The van der Waals surface area contributed by atoms with Gasteiger partial charge in [0.2, 0.25) is 5.91 Å². The first-order chi connectivity index (χ1) is 9.36. The molecule has 2 N–H and O–H groups in total. The molecule has 1 amide bonds. The topological polar surface area (TPSA) is 59.6 Å². The molecule has 2 atom stereocenters. The Morgan fingerprint density at radius 3 is 2.48 bits per heavy atom. The summed E-state index contributed by atoms with van der Waals surface area (Å²) >= 11 is 11.0. The Hall–Kier alpha value is 1.49. The van der Waals surface area contributed by atoms with E-state index in [1.165, 1.54) is 0 Å². The molecule has 0 aliphatic carbocycles. The Kier molecular flexibility index (Phi) is 17.7. The van der Waals surface area contributed by atoms with Crippen LogP contribution >= 0.6 is 24.0 Å². The number of ether oxygens (including phenoxy) is 1. The van der Waals surface area contributed by atoms with Crippen LogP contribution in [-0.2, 0) is 27.0 Å². The molecule has 0 radical (unpaired) electrons. The molecule has 0 spiro atoms. The molecule has 9 heteroatoms. The SMILES string of the molecule is CSCCC(NOC(C)C)C(=O)NC(C)COC(=S)[S-].[K+]. The number of hydroxylamine groups is 1. The zero-order valence-corrected chi connectivity index (χ0v) is 18.9. The second-order valence-electron chi connectivity index (χ2n) is 4.59. The van der Waals surface area contributed by atoms with E-state index in [9.17, 15) is 4.79 Å². The van der Waals surface area contributed by atoms with Crippen LogP contribution in [0.15, 0.2) is 0 Å². The second kappa shape index (κ2) is 15.0. The maximum atomic E-state index is 12.1. The van der Waals surface area contributed by atoms with E-state index >= 15 is 0 Å². The molecule has 0 aliphatic rings. The van der Waals surface area contributed by atoms with E-state index in [1.807, 2.05) is 27.0 Å². The van der Waals surface area contributed by atoms with Gasteiger partial charge in [-0.05, 0) is 39.2 Å². The number of carbonyl (C=O) groups excluding carboxylic acids is 1. The van der Waals surface area contributed by atoms with Gasteiger partial charge in [0.25, 0.3) is 0 Å². The van der Waals surface area contributed by atoms with E-state index in [-0.39, 0.29) is 86.5 Å². The standard InChI is InChI=1S/C12H24N2O3S3.K/c1-8(2)17-14-10(5-6-20-4)11(15)13-9(3)7-16-12(18)19;/h8-10,14H,5-7H2,1-4H3,(H,13,15)(H,18,19);/q;+1/p-1. The summed E-state index contributed by atoms with van der Waals surface area (Å²) in [5, 5.41) is 2.85. The molecule has 0 aliphatic heterocycles. The van der Waals surface area contributed by atoms with Crippen molar-refractivity contribution in [3.63, 3.8) is 0 Å². The summed E-state index contributed by atoms with van der Waals surface area (Å²) < 4.78 is 5.10. The smallest absolute Gasteiger partial charge is 0.511 e. The number of nitrogens with one attached hydrogen (secondary N) is 2. The Bertz CT molecular complexity index is 309. The largest absolute Gasteiger partial charge is 1.00 e. The summed E-state index contributed by atoms with van der Waals surface area (Å²) in [6.45, 7) is 5.91. The van der Waals surface area contributed by atoms with Crippen LogP contribution in [0.5, 0.6) is 0 Å². The van der Waals surface area contributed by atoms with Crippen molar-refractivity contribution in [1.82, 2.24) is 10.8 Å². The number of amides is 1. The molecule has 21 heavy (non-hydrogen) atoms. The van der Waals surface area contributed by atoms with Gasteiger partial charge < -0.3 is 34.9 Å². The molecule has 118 valence electrons. The first-order valence-electron chi connectivity index (χ1n) is 6.41. The van der Waals surface area contributed by atoms with Crippen molar-refractivity contribution >= 4 is 46.9 Å². The molecule has 0 aromatic carbocycles. The molecule has 0 bridgehead atoms. The molecule has 0 fully saturated rings. The zero-order valence-electron chi connectivity index (χ0n) is 13.3. The molecular formula is C12H23KN2O3S3. The fourth-order valence-electron chi connectivity index (χ4n) is 1.28. The van der Waals surface area contributed by atoms with Gasteiger partial charge in [0, 0.05) is 4.38 Å². The third-order valence-electron chi connectivity index (χ3n) is 2.21. The van der Waals surface area contributed by atoms with Gasteiger partial charge in [0.05, 0.1) is 12.1 Å². The summed E-state index contributed by atoms with van der Waals surface area (Å²) in [5.74, 6) is 0.749. The molecule has 0 heterocycles. The number of thioether (sulfide) groups is 1. The van der Waals surface area contributed by atoms with Crippen molar-refractivity contribution in [3.05, 3.63) is 0 Å². The van der Waals surface area contributed by atoms with Gasteiger partial charge in [-0.1, -0.05) is 0 Å². The minimum atomic E-state index is -0.386. The van der Waals surface area contributed by atoms with E-state index in [1.54, 1.807) is 11.8 Å². The minimum Gasteiger partial charge on any atom is -0.511 e. The van der Waals surface area contributed by atoms with Gasteiger partial charge in [-0.3, -0.25) is 9.63 Å². The Morgan fingerprint density at radius 1 is 1.38 bits per heavy atom. The number of hydrogen-bond donors (Lipinski definition) is 2. The Labute approximate surface area is 185 Å². The molecule has 5 nitrogen and oxygen atoms in total. The summed E-state index contributed by atoms with van der Waals surface area (Å²) in [6, 6.07) is -0.552. The average Bonchev–Trinajstić information content (AvgIpc) is 2.36. The van der Waals surface area contributed by atoms with Gasteiger partial charge in [-0.25, -0.2) is 0 Å². The van der Waals surface area contributed by atoms with E-state index in [4.69, 9.17) is 9.57 Å². The summed E-state index contributed by atoms with van der Waals surface area (Å²) in [5.41, 5.74) is 2.81. The first kappa shape index (κ1) is 24.7. The second-order valence-corrected chi connectivity index (χ2v) is 6.57. The summed E-state index contributed by atoms with van der Waals surface area (Å²) in [6.07, 6.45) is 2.70. The predicted octanol–water partition coefficient (Wildman–Crippen LogP) is -1.61. The molecule has 0 saturated heterocycles. The minimum absolute atomic E-state index is 0. The number of rotatable bonds is 10. The van der Waals surface area contributed by atoms with Crippen LogP contribution in [0.1, 0.15) is 27.2 Å². The van der Waals surface area contributed by atoms with E-state index in [2.05, 4.69) is 35.6 Å². The van der Waals surface area contributed by atoms with Gasteiger partial charge in [0.15, 0.2) is 0 Å². The molecule has 0 rings (SSSR count). The molecule has 2 unspecified atom stereocenters. The fraction of sp³-hybridized carbons (Fsp3) is 0.833. The van der Waals surface area contributed by atoms with Crippen LogP contribution in [0.2, 0.25) is 0 Å². The van der Waals surface area contributed by atoms with Crippen LogP contribution < -0.4 is 62.2 Å². The maximum Gasteiger partial charge on any atom is 1.00 e. The summed E-state index contributed by atoms with van der Waals surface area (Å²) in [7, 11) is 0. The van der Waals surface area contributed by atoms with Crippen molar-refractivity contribution in [3.8, 4) is 0 Å². The predicted molar refractivity (Wildman–Crippen MR) is 89.7 cm³/mol. The van der Waals surface area contributed by atoms with E-state index in [0.29, 0.717) is 6.42 Å². The van der Waals surface area contributed by atoms with E-state index < -0.39 is 0 Å². The van der Waals surface area contributed by atoms with Crippen molar-refractivity contribution < 1.29 is 65.8 Å². The van der Waals surface area contributed by atoms with Crippen LogP contribution in [0.3, 0.4) is 0 Å². The zero-order chi connectivity index (χ0) is 15.5. The van der Waals surface area contributed by atoms with Gasteiger partial charge in [0.1, 0.15) is 12.6 Å². The number of carbonyl (C=O) groups is 1. The van der Waals surface area contributed by atoms with Gasteiger partial charge in [-0.15, -0.1) is 0 Å². The maximum absolute atomic E-state index is 12.1. The van der Waals surface area contributed by atoms with Crippen LogP contribution in [0.25, 0.3) is 0 Å². The number of hydrogen-bond acceptors (Lipinski definition) is 7. The molecule has 0 aromatic heterocycles. The summed E-state index contributed by atoms with van der Waals surface area (Å²) in [4.78, 5) is 17.5. The van der Waals surface area contributed by atoms with Gasteiger partial charge >= 0.3 is 51.4 Å². The first-order valence-corrected chi connectivity index (χ1v) is 8.62. The van der Waals surface area contributed by atoms with Crippen LogP contribution in [0.4, 0.5) is 0 Å². The van der Waals surface area contributed by atoms with Gasteiger partial charge in [-0.2, -0.15) is 17.2 Å². The number of thiocarbonyl (C=S) groups is 1. The van der Waals surface area contributed by atoms with Crippen molar-refractivity contribution in [2.45, 2.75) is 45.4 Å². The Morgan fingerprint density at radius 2 is 2.00 bits per heavy atom. The third kappa shape index (κ3) is 14.8. The normalized spacial score (nSPS) is 13.2. The van der Waals surface area contributed by atoms with Crippen LogP contribution in [-0.4, -0.2) is 47.1 Å². The van der Waals surface area contributed by atoms with Crippen LogP contribution in [0, 0.1) is 0 Å². The average molecular weight is 379 g/mol. The monoisotopic (exact) mass is 378 g/mol. The molecular weight excluding hydrogens is 355 g/mol. The quantitative estimate of drug-likeness (QED) is 0.205. The molecule has 0 aromatic rings. The van der Waals surface area contributed by atoms with E-state index in [0.717, 1.165) is 5.75 Å². The third-order valence-corrected chi connectivity index (χ3v) is 3.09. The molecule has 0 saturated carbocycles. The fourth-order valence-corrected chi connectivity index (χ4v) is 1.88. The Balaban J connectivity index is 0. The van der Waals surface area contributed by atoms with Crippen molar-refractivity contribution in [1.29, 1.82) is 0 Å². The van der Waals surface area contributed by atoms with Crippen molar-refractivity contribution in [2.75, 3.05) is 18.6 Å².